The van der Waals surface area contributed by atoms with Crippen molar-refractivity contribution in [2.75, 3.05) is 23.5 Å². The fourth-order valence-corrected chi connectivity index (χ4v) is 5.35. The van der Waals surface area contributed by atoms with Crippen molar-refractivity contribution < 1.29 is 23.1 Å². The summed E-state index contributed by atoms with van der Waals surface area (Å²) >= 11 is 1.58. The molecule has 3 heterocycles. The lowest BCUT2D eigenvalue weighted by Gasteiger charge is -2.21. The largest absolute Gasteiger partial charge is 0.444 e. The van der Waals surface area contributed by atoms with E-state index in [1.165, 1.54) is 0 Å². The van der Waals surface area contributed by atoms with Crippen molar-refractivity contribution in [3.8, 4) is 0 Å². The molecule has 0 aliphatic heterocycles. The second-order valence-corrected chi connectivity index (χ2v) is 12.4. The minimum Gasteiger partial charge on any atom is -0.444 e. The predicted molar refractivity (Wildman–Crippen MR) is 154 cm³/mol. The third kappa shape index (κ3) is 13.2. The molecule has 3 aromatic heterocycles. The van der Waals surface area contributed by atoms with Gasteiger partial charge < -0.3 is 35.1 Å². The number of aryl methyl sites for hydroxylation is 3. The van der Waals surface area contributed by atoms with Crippen molar-refractivity contribution >= 4 is 51.8 Å². The van der Waals surface area contributed by atoms with E-state index >= 15 is 0 Å². The van der Waals surface area contributed by atoms with Gasteiger partial charge in [0, 0.05) is 17.3 Å². The van der Waals surface area contributed by atoms with Crippen LogP contribution >= 0.6 is 45.8 Å². The molecule has 0 aliphatic carbocycles. The van der Waals surface area contributed by atoms with E-state index in [9.17, 15) is 4.79 Å². The highest BCUT2D eigenvalue weighted by Crippen LogP contribution is 2.28. The fourth-order valence-electron chi connectivity index (χ4n) is 2.56. The Bertz CT molecular complexity index is 1080. The molecule has 0 saturated heterocycles. The van der Waals surface area contributed by atoms with E-state index in [1.54, 1.807) is 54.1 Å². The van der Waals surface area contributed by atoms with Gasteiger partial charge in [0.15, 0.2) is 17.5 Å². The lowest BCUT2D eigenvalue weighted by Crippen LogP contribution is -2.36. The Kier molecular flexibility index (Phi) is 15.2. The lowest BCUT2D eigenvalue weighted by molar-refractivity contribution is 0.0500. The van der Waals surface area contributed by atoms with Gasteiger partial charge in [-0.3, -0.25) is 0 Å². The van der Waals surface area contributed by atoms with Crippen molar-refractivity contribution in [2.45, 2.75) is 65.3 Å². The second-order valence-electron chi connectivity index (χ2n) is 8.98. The number of hydrogen-bond acceptors (Lipinski definition) is 16. The first-order valence-electron chi connectivity index (χ1n) is 11.5. The lowest BCUT2D eigenvalue weighted by atomic mass is 10.2. The maximum atomic E-state index is 11.7. The number of halogens is 1. The molecule has 0 aromatic carbocycles. The molecule has 0 spiro atoms. The first kappa shape index (κ1) is 35.0. The number of thioether (sulfide) groups is 1. The number of nitrogens with two attached hydrogens (primary N) is 2. The van der Waals surface area contributed by atoms with E-state index in [2.05, 4.69) is 35.7 Å². The molecular weight excluding hydrogens is 590 g/mol. The summed E-state index contributed by atoms with van der Waals surface area (Å²) in [5.41, 5.74) is 11.3. The summed E-state index contributed by atoms with van der Waals surface area (Å²) in [6.45, 7) is 10.7. The van der Waals surface area contributed by atoms with Crippen LogP contribution in [0.1, 0.15) is 74.0 Å². The smallest absolute Gasteiger partial charge is 0.408 e. The molecule has 0 bridgehead atoms. The van der Waals surface area contributed by atoms with Gasteiger partial charge in [-0.1, -0.05) is 37.1 Å². The maximum Gasteiger partial charge on any atom is 0.408 e. The summed E-state index contributed by atoms with van der Waals surface area (Å²) < 4.78 is 20.3. The van der Waals surface area contributed by atoms with E-state index in [0.29, 0.717) is 52.4 Å². The first-order chi connectivity index (χ1) is 17.9. The van der Waals surface area contributed by atoms with Crippen LogP contribution in [-0.2, 0) is 4.74 Å². The topological polar surface area (TPSA) is 207 Å². The number of rotatable bonds is 11. The van der Waals surface area contributed by atoms with Crippen molar-refractivity contribution in [3.63, 3.8) is 0 Å². The average molecular weight is 626 g/mol. The van der Waals surface area contributed by atoms with Crippen LogP contribution in [0.3, 0.4) is 0 Å². The van der Waals surface area contributed by atoms with Gasteiger partial charge in [-0.2, -0.15) is 26.7 Å². The zero-order chi connectivity index (χ0) is 28.3. The van der Waals surface area contributed by atoms with Crippen LogP contribution in [0.25, 0.3) is 0 Å². The minimum atomic E-state index is -0.529. The van der Waals surface area contributed by atoms with Crippen LogP contribution in [0.5, 0.6) is 0 Å². The molecule has 0 saturated carbocycles. The fraction of sp³-hybridized carbons (Fsp3) is 0.667. The van der Waals surface area contributed by atoms with Crippen LogP contribution in [0, 0.1) is 20.8 Å². The predicted octanol–water partition coefficient (Wildman–Crippen LogP) is 3.88. The summed E-state index contributed by atoms with van der Waals surface area (Å²) in [5, 5.41) is 13.9. The van der Waals surface area contributed by atoms with Crippen LogP contribution in [0.2, 0.25) is 0 Å². The molecule has 18 heteroatoms. The highest BCUT2D eigenvalue weighted by atomic mass is 35.5. The van der Waals surface area contributed by atoms with E-state index in [4.69, 9.17) is 29.8 Å². The summed E-state index contributed by atoms with van der Waals surface area (Å²) in [6, 6.07) is -0.901. The molecule has 3 rings (SSSR count). The molecule has 5 N–H and O–H groups in total. The van der Waals surface area contributed by atoms with Gasteiger partial charge in [-0.25, -0.2) is 4.79 Å². The minimum absolute atomic E-state index is 0. The molecule has 0 aliphatic rings. The average Bonchev–Trinajstić information content (AvgIpc) is 3.57. The zero-order valence-corrected chi connectivity index (χ0v) is 26.1. The molecule has 0 radical (unpaired) electrons. The van der Waals surface area contributed by atoms with Crippen LogP contribution in [0.4, 0.5) is 4.79 Å². The first-order valence-corrected chi connectivity index (χ1v) is 15.4. The van der Waals surface area contributed by atoms with Gasteiger partial charge in [-0.15, -0.1) is 12.4 Å². The molecule has 0 unspecified atom stereocenters. The summed E-state index contributed by atoms with van der Waals surface area (Å²) in [7, 11) is 3.18. The number of nitrogens with one attached hydrogen (secondary N) is 1. The highest BCUT2D eigenvalue weighted by molar-refractivity contribution is 8.76. The van der Waals surface area contributed by atoms with Crippen molar-refractivity contribution in [1.82, 2.24) is 35.7 Å². The number of aromatic nitrogens is 6. The molecule has 14 nitrogen and oxygen atoms in total. The molecule has 3 aromatic rings. The SMILES string of the molecule is CSC[C@H](NC(=O)OC(C)(C)C)c1nc(C)no1.Cc1noc([C@@H](N)CSSC[C@H](N)c2nc(C)no2)n1.Cl. The molecule has 3 atom stereocenters. The zero-order valence-electron chi connectivity index (χ0n) is 22.9. The standard InChI is InChI=1S/C11H19N3O3S.C10H16N6O2S2.ClH/c1-7-12-9(17-14-7)8(6-18-5)13-10(15)16-11(2,3)4;1-5-13-9(17-15-5)7(11)3-19-20-4-8(12)10-14-6(2)16-18-10;/h8H,6H2,1-5H3,(H,13,15);7-8H,3-4,11-12H2,1-2H3;1H/t8-;7-,8-;/m00./s1. The van der Waals surface area contributed by atoms with Gasteiger partial charge in [0.1, 0.15) is 11.6 Å². The molecule has 220 valence electrons. The maximum absolute atomic E-state index is 11.7. The van der Waals surface area contributed by atoms with Gasteiger partial charge >= 0.3 is 6.09 Å². The van der Waals surface area contributed by atoms with Crippen molar-refractivity contribution in [3.05, 3.63) is 35.1 Å². The number of carbonyl (C=O) groups excluding carboxylic acids is 1. The number of alkyl carbamates (subject to hydrolysis) is 1. The van der Waals surface area contributed by atoms with Gasteiger partial charge in [0.05, 0.1) is 12.1 Å². The third-order valence-corrected chi connectivity index (χ3v) is 7.31. The van der Waals surface area contributed by atoms with Crippen molar-refractivity contribution in [1.29, 1.82) is 0 Å². The highest BCUT2D eigenvalue weighted by Gasteiger charge is 2.24. The molecular formula is C21H36ClN9O5S3. The molecule has 0 fully saturated rings. The van der Waals surface area contributed by atoms with E-state index in [-0.39, 0.29) is 30.5 Å². The van der Waals surface area contributed by atoms with Crippen LogP contribution < -0.4 is 16.8 Å². The number of hydrogen-bond donors (Lipinski definition) is 3. The molecule has 39 heavy (non-hydrogen) atoms. The van der Waals surface area contributed by atoms with Crippen molar-refractivity contribution in [2.24, 2.45) is 11.5 Å². The van der Waals surface area contributed by atoms with Gasteiger partial charge in [0.2, 0.25) is 17.7 Å². The monoisotopic (exact) mass is 625 g/mol. The Morgan fingerprint density at radius 2 is 1.26 bits per heavy atom. The third-order valence-electron chi connectivity index (χ3n) is 4.17. The Morgan fingerprint density at radius 1 is 0.846 bits per heavy atom. The number of amides is 1. The molecule has 1 amide bonds. The van der Waals surface area contributed by atoms with Gasteiger partial charge in [0.25, 0.3) is 0 Å². The summed E-state index contributed by atoms with van der Waals surface area (Å²) in [5.74, 6) is 4.96. The Balaban J connectivity index is 0.000000383. The van der Waals surface area contributed by atoms with E-state index < -0.39 is 11.7 Å². The number of ether oxygens (including phenoxy) is 1. The quantitative estimate of drug-likeness (QED) is 0.204. The summed E-state index contributed by atoms with van der Waals surface area (Å²) in [4.78, 5) is 24.0. The Morgan fingerprint density at radius 3 is 1.59 bits per heavy atom. The van der Waals surface area contributed by atoms with Crippen LogP contribution in [-0.4, -0.2) is 65.6 Å². The summed E-state index contributed by atoms with van der Waals surface area (Å²) in [6.07, 6.45) is 1.45. The Labute approximate surface area is 245 Å². The Hall–Kier alpha value is -2.05. The van der Waals surface area contributed by atoms with E-state index in [1.807, 2.05) is 27.0 Å². The number of carbonyl (C=O) groups is 1. The van der Waals surface area contributed by atoms with Gasteiger partial charge in [-0.05, 0) is 47.8 Å². The normalized spacial score (nSPS) is 13.5. The number of nitrogens with zero attached hydrogens (tertiary/aromatic N) is 6. The van der Waals surface area contributed by atoms with Crippen LogP contribution in [0.15, 0.2) is 13.6 Å². The second kappa shape index (κ2) is 16.9. The van der Waals surface area contributed by atoms with E-state index in [0.717, 1.165) is 0 Å².